The van der Waals surface area contributed by atoms with E-state index in [9.17, 15) is 0 Å². The molecule has 1 atom stereocenters. The molecule has 1 N–H and O–H groups in total. The van der Waals surface area contributed by atoms with E-state index in [1.807, 2.05) is 7.05 Å². The summed E-state index contributed by atoms with van der Waals surface area (Å²) in [5.41, 5.74) is 2.03. The summed E-state index contributed by atoms with van der Waals surface area (Å²) in [7, 11) is 3.61. The maximum absolute atomic E-state index is 5.65. The van der Waals surface area contributed by atoms with Gasteiger partial charge >= 0.3 is 0 Å². The fourth-order valence-corrected chi connectivity index (χ4v) is 4.33. The molecule has 4 rings (SSSR count). The molecule has 2 saturated heterocycles. The van der Waals surface area contributed by atoms with Gasteiger partial charge < -0.3 is 19.7 Å². The number of halogens is 1. The molecule has 1 saturated carbocycles. The van der Waals surface area contributed by atoms with E-state index in [1.165, 1.54) is 31.2 Å². The van der Waals surface area contributed by atoms with Crippen LogP contribution in [0.25, 0.3) is 0 Å². The van der Waals surface area contributed by atoms with Gasteiger partial charge in [0.2, 0.25) is 0 Å². The predicted octanol–water partition coefficient (Wildman–Crippen LogP) is 3.03. The van der Waals surface area contributed by atoms with Crippen molar-refractivity contribution in [1.82, 2.24) is 10.2 Å². The molecule has 2 aliphatic heterocycles. The zero-order valence-electron chi connectivity index (χ0n) is 15.8. The second-order valence-corrected chi connectivity index (χ2v) is 7.88. The number of guanidine groups is 1. The molecule has 1 aromatic carbocycles. The highest BCUT2D eigenvalue weighted by Gasteiger charge is 2.45. The van der Waals surface area contributed by atoms with Gasteiger partial charge in [-0.3, -0.25) is 4.99 Å². The van der Waals surface area contributed by atoms with E-state index in [0.717, 1.165) is 44.6 Å². The minimum absolute atomic E-state index is 0. The lowest BCUT2D eigenvalue weighted by Gasteiger charge is -2.26. The summed E-state index contributed by atoms with van der Waals surface area (Å²) in [5, 5.41) is 3.65. The Morgan fingerprint density at radius 1 is 1.23 bits per heavy atom. The van der Waals surface area contributed by atoms with E-state index < -0.39 is 0 Å². The highest BCUT2D eigenvalue weighted by molar-refractivity contribution is 14.0. The minimum atomic E-state index is 0. The molecule has 2 heterocycles. The van der Waals surface area contributed by atoms with Crippen molar-refractivity contribution in [2.45, 2.75) is 31.1 Å². The van der Waals surface area contributed by atoms with Crippen LogP contribution in [0.4, 0.5) is 0 Å². The monoisotopic (exact) mass is 471 g/mol. The van der Waals surface area contributed by atoms with Gasteiger partial charge in [0.1, 0.15) is 5.75 Å². The summed E-state index contributed by atoms with van der Waals surface area (Å²) < 4.78 is 10.9. The van der Waals surface area contributed by atoms with Crippen LogP contribution in [0.2, 0.25) is 0 Å². The number of rotatable bonds is 4. The molecule has 1 spiro atoms. The number of benzene rings is 1. The third kappa shape index (κ3) is 3.81. The van der Waals surface area contributed by atoms with Crippen molar-refractivity contribution in [3.8, 4) is 5.75 Å². The lowest BCUT2D eigenvalue weighted by Crippen LogP contribution is -2.44. The van der Waals surface area contributed by atoms with Gasteiger partial charge in [0.25, 0.3) is 0 Å². The van der Waals surface area contributed by atoms with Gasteiger partial charge in [-0.05, 0) is 43.4 Å². The molecule has 1 aromatic rings. The Bertz CT molecular complexity index is 637. The van der Waals surface area contributed by atoms with Gasteiger partial charge in [-0.1, -0.05) is 12.1 Å². The van der Waals surface area contributed by atoms with E-state index >= 15 is 0 Å². The molecule has 1 unspecified atom stereocenters. The van der Waals surface area contributed by atoms with Crippen molar-refractivity contribution in [2.75, 3.05) is 47.0 Å². The third-order valence-electron chi connectivity index (χ3n) is 6.28. The second-order valence-electron chi connectivity index (χ2n) is 7.88. The van der Waals surface area contributed by atoms with Gasteiger partial charge in [0.05, 0.1) is 13.7 Å². The van der Waals surface area contributed by atoms with Crippen molar-refractivity contribution in [1.29, 1.82) is 0 Å². The second kappa shape index (κ2) is 7.92. The molecule has 3 fully saturated rings. The highest BCUT2D eigenvalue weighted by atomic mass is 127. The number of likely N-dealkylation sites (tertiary alicyclic amines) is 1. The number of methoxy groups -OCH3 is 1. The number of aliphatic imine (C=N–C) groups is 1. The zero-order valence-corrected chi connectivity index (χ0v) is 18.1. The first-order valence-corrected chi connectivity index (χ1v) is 9.37. The molecule has 5 nitrogen and oxygen atoms in total. The first-order valence-electron chi connectivity index (χ1n) is 9.37. The lowest BCUT2D eigenvalue weighted by atomic mass is 9.87. The lowest BCUT2D eigenvalue weighted by molar-refractivity contribution is 0.156. The molecule has 6 heteroatoms. The van der Waals surface area contributed by atoms with Crippen molar-refractivity contribution < 1.29 is 9.47 Å². The topological polar surface area (TPSA) is 46.1 Å². The van der Waals surface area contributed by atoms with E-state index in [4.69, 9.17) is 9.47 Å². The van der Waals surface area contributed by atoms with Crippen LogP contribution in [0.3, 0.4) is 0 Å². The summed E-state index contributed by atoms with van der Waals surface area (Å²) in [5.74, 6) is 1.97. The quantitative estimate of drug-likeness (QED) is 0.417. The number of ether oxygens (including phenoxy) is 2. The molecule has 1 aliphatic carbocycles. The van der Waals surface area contributed by atoms with Crippen LogP contribution in [-0.4, -0.2) is 57.9 Å². The summed E-state index contributed by atoms with van der Waals surface area (Å²) in [6.45, 7) is 4.93. The number of hydrogen-bond donors (Lipinski definition) is 1. The first-order chi connectivity index (χ1) is 12.2. The largest absolute Gasteiger partial charge is 0.497 e. The molecule has 0 bridgehead atoms. The normalized spacial score (nSPS) is 26.7. The van der Waals surface area contributed by atoms with Crippen LogP contribution in [0, 0.1) is 5.41 Å². The summed E-state index contributed by atoms with van der Waals surface area (Å²) in [6.07, 6.45) is 4.88. The van der Waals surface area contributed by atoms with Crippen LogP contribution < -0.4 is 10.1 Å². The average molecular weight is 471 g/mol. The summed E-state index contributed by atoms with van der Waals surface area (Å²) in [4.78, 5) is 6.96. The number of nitrogens with one attached hydrogen (secondary N) is 1. The van der Waals surface area contributed by atoms with Crippen LogP contribution in [-0.2, 0) is 10.2 Å². The standard InChI is InChI=1S/C20H29N3O2.HI/c1-21-18(23-11-9-19(14-23)10-12-25-15-19)22-13-20(7-8-20)16-3-5-17(24-2)6-4-16;/h3-6H,7-15H2,1-2H3,(H,21,22);1H. The smallest absolute Gasteiger partial charge is 0.193 e. The first kappa shape index (κ1) is 19.7. The Morgan fingerprint density at radius 3 is 2.58 bits per heavy atom. The SMILES string of the molecule is CN=C(NCC1(c2ccc(OC)cc2)CC1)N1CCC2(CCOC2)C1.I. The van der Waals surface area contributed by atoms with E-state index in [-0.39, 0.29) is 29.4 Å². The van der Waals surface area contributed by atoms with Crippen LogP contribution in [0.5, 0.6) is 5.75 Å². The Morgan fingerprint density at radius 2 is 2.00 bits per heavy atom. The van der Waals surface area contributed by atoms with E-state index in [1.54, 1.807) is 7.11 Å². The highest BCUT2D eigenvalue weighted by Crippen LogP contribution is 2.48. The molecular formula is C20H30IN3O2. The molecule has 0 radical (unpaired) electrons. The maximum atomic E-state index is 5.65. The zero-order chi connectivity index (χ0) is 17.3. The van der Waals surface area contributed by atoms with Crippen LogP contribution in [0.15, 0.2) is 29.3 Å². The minimum Gasteiger partial charge on any atom is -0.497 e. The van der Waals surface area contributed by atoms with Gasteiger partial charge in [0, 0.05) is 44.1 Å². The maximum Gasteiger partial charge on any atom is 0.193 e. The fourth-order valence-electron chi connectivity index (χ4n) is 4.33. The van der Waals surface area contributed by atoms with Gasteiger partial charge in [-0.25, -0.2) is 0 Å². The van der Waals surface area contributed by atoms with Gasteiger partial charge in [-0.2, -0.15) is 0 Å². The average Bonchev–Trinajstić information content (AvgIpc) is 3.11. The van der Waals surface area contributed by atoms with Crippen LogP contribution in [0.1, 0.15) is 31.2 Å². The van der Waals surface area contributed by atoms with Crippen molar-refractivity contribution in [3.63, 3.8) is 0 Å². The number of hydrogen-bond acceptors (Lipinski definition) is 3. The van der Waals surface area contributed by atoms with Crippen molar-refractivity contribution in [2.24, 2.45) is 10.4 Å². The van der Waals surface area contributed by atoms with Crippen molar-refractivity contribution in [3.05, 3.63) is 29.8 Å². The molecule has 3 aliphatic rings. The Kier molecular flexibility index (Phi) is 6.01. The fraction of sp³-hybridized carbons (Fsp3) is 0.650. The Hall–Kier alpha value is -1.02. The van der Waals surface area contributed by atoms with E-state index in [2.05, 4.69) is 39.5 Å². The van der Waals surface area contributed by atoms with Gasteiger partial charge in [-0.15, -0.1) is 24.0 Å². The Labute approximate surface area is 173 Å². The van der Waals surface area contributed by atoms with E-state index in [0.29, 0.717) is 5.41 Å². The molecule has 0 aromatic heterocycles. The molecular weight excluding hydrogens is 441 g/mol. The van der Waals surface area contributed by atoms with Crippen LogP contribution >= 0.6 is 24.0 Å². The third-order valence-corrected chi connectivity index (χ3v) is 6.28. The number of nitrogens with zero attached hydrogens (tertiary/aromatic N) is 2. The predicted molar refractivity (Wildman–Crippen MR) is 115 cm³/mol. The summed E-state index contributed by atoms with van der Waals surface area (Å²) >= 11 is 0. The molecule has 0 amide bonds. The molecule has 144 valence electrons. The van der Waals surface area contributed by atoms with Gasteiger partial charge in [0.15, 0.2) is 5.96 Å². The van der Waals surface area contributed by atoms with Crippen molar-refractivity contribution >= 4 is 29.9 Å². The molecule has 26 heavy (non-hydrogen) atoms. The Balaban J connectivity index is 0.00000196. The summed E-state index contributed by atoms with van der Waals surface area (Å²) in [6, 6.07) is 8.54.